The highest BCUT2D eigenvalue weighted by atomic mass is 16.5. The third kappa shape index (κ3) is 23.3. The number of aliphatic hydroxyl groups is 1. The van der Waals surface area contributed by atoms with E-state index in [-0.39, 0.29) is 69.0 Å². The minimum atomic E-state index is -1.66. The third-order valence-corrected chi connectivity index (χ3v) is 18.0. The van der Waals surface area contributed by atoms with Crippen molar-refractivity contribution in [2.24, 2.45) is 41.4 Å². The van der Waals surface area contributed by atoms with Crippen molar-refractivity contribution in [3.8, 4) is 0 Å². The summed E-state index contributed by atoms with van der Waals surface area (Å²) >= 11 is 0. The van der Waals surface area contributed by atoms with Crippen LogP contribution < -0.4 is 31.9 Å². The summed E-state index contributed by atoms with van der Waals surface area (Å²) in [6, 6.07) is -14.5. The summed E-state index contributed by atoms with van der Waals surface area (Å²) in [5, 5.41) is 29.1. The smallest absolute Gasteiger partial charge is 0.248 e. The first-order chi connectivity index (χ1) is 43.7. The van der Waals surface area contributed by atoms with Crippen LogP contribution in [0.2, 0.25) is 0 Å². The number of nitrogens with zero attached hydrogens (tertiary/aromatic N) is 7. The second-order valence-electron chi connectivity index (χ2n) is 28.0. The molecule has 536 valence electrons. The van der Waals surface area contributed by atoms with Gasteiger partial charge in [-0.15, -0.1) is 0 Å². The first-order valence-electron chi connectivity index (χ1n) is 33.7. The van der Waals surface area contributed by atoms with Crippen LogP contribution in [-0.4, -0.2) is 265 Å². The fraction of sp³-hybridized carbons (Fsp3) is 0.791. The fourth-order valence-corrected chi connectivity index (χ4v) is 11.7. The Hall–Kier alpha value is -6.74. The maximum atomic E-state index is 15.2. The quantitative estimate of drug-likeness (QED) is 0.0953. The van der Waals surface area contributed by atoms with Gasteiger partial charge in [-0.2, -0.15) is 0 Å². The van der Waals surface area contributed by atoms with E-state index in [2.05, 4.69) is 31.9 Å². The van der Waals surface area contributed by atoms with Gasteiger partial charge in [0.15, 0.2) is 0 Å². The van der Waals surface area contributed by atoms with Gasteiger partial charge in [0.05, 0.1) is 12.7 Å². The number of piperazine rings is 1. The fourth-order valence-electron chi connectivity index (χ4n) is 11.7. The van der Waals surface area contributed by atoms with E-state index < -0.39 is 161 Å². The number of allylic oxidation sites excluding steroid dienone is 2. The Balaban J connectivity index is 3.00. The first kappa shape index (κ1) is 83.4. The lowest BCUT2D eigenvalue weighted by molar-refractivity contribution is -0.157. The lowest BCUT2D eigenvalue weighted by atomic mass is 9.91. The topological polar surface area (TPSA) is 329 Å². The van der Waals surface area contributed by atoms with E-state index in [0.717, 1.165) is 9.80 Å². The van der Waals surface area contributed by atoms with Crippen molar-refractivity contribution < 1.29 is 67.4 Å². The number of aliphatic hydroxyl groups excluding tert-OH is 1. The number of hydrogen-bond donors (Lipinski definition) is 7. The minimum absolute atomic E-state index is 0.0347. The zero-order valence-electron chi connectivity index (χ0n) is 60.8. The molecule has 2 heterocycles. The largest absolute Gasteiger partial charge is 0.390 e. The molecule has 2 aliphatic heterocycles. The lowest BCUT2D eigenvalue weighted by Gasteiger charge is -2.41. The van der Waals surface area contributed by atoms with Crippen LogP contribution in [0.5, 0.6) is 0 Å². The average Bonchev–Trinajstić information content (AvgIpc) is 0.807. The molecule has 14 atom stereocenters. The number of rotatable bonds is 18. The van der Waals surface area contributed by atoms with E-state index in [1.807, 2.05) is 41.5 Å². The molecule has 2 fully saturated rings. The number of hydrogen-bond acceptors (Lipinski definition) is 15. The van der Waals surface area contributed by atoms with E-state index >= 15 is 14.4 Å². The highest BCUT2D eigenvalue weighted by molar-refractivity contribution is 6.00. The Labute approximate surface area is 560 Å². The van der Waals surface area contributed by atoms with Crippen molar-refractivity contribution >= 4 is 70.9 Å². The molecule has 0 aromatic carbocycles. The van der Waals surface area contributed by atoms with Crippen molar-refractivity contribution in [3.05, 3.63) is 12.2 Å². The molecule has 0 spiro atoms. The standard InChI is InChI=1S/C67H119N13O14/c1-24-26-27-42(13)56(82)55-61(87)71-47(25-2)63(89)74(18)46(17)58(84)73-53(43(14)35-94-36-51(81)80-30-28-68-29-31-80)60(86)72-52(40(9)10)66(92)75(19)48(32-37(3)4)59(85)69-44(15)57(83)70-45(16)62(88)76(20)49(33-38(5)6)64(90)77(21)50(34-39(7)8)65(91)78(22)54(41(11)12)67(93)79(55)23/h24,26,37-50,52-56,68,82H,25,27-36H2,1-23H3,(H,69,85)(H,70,83)(H,71,87)(H,72,86)(H,73,84)/b26-24+/t42-,43-,44+,45-,46-,47+,48+,49+,50+,52+,53+,54+,55?,56-/m1/s1. The van der Waals surface area contributed by atoms with Crippen molar-refractivity contribution in [1.29, 1.82) is 0 Å². The Kier molecular flexibility index (Phi) is 34.3. The molecular formula is C67H119N13O14. The van der Waals surface area contributed by atoms with Crippen molar-refractivity contribution in [2.45, 2.75) is 222 Å². The molecule has 0 aliphatic carbocycles. The average molecular weight is 1330 g/mol. The van der Waals surface area contributed by atoms with E-state index in [9.17, 15) is 48.3 Å². The summed E-state index contributed by atoms with van der Waals surface area (Å²) in [6.45, 7) is 30.5. The Morgan fingerprint density at radius 2 is 1.00 bits per heavy atom. The zero-order valence-corrected chi connectivity index (χ0v) is 60.8. The number of ether oxygens (including phenoxy) is 1. The molecule has 2 saturated heterocycles. The predicted molar refractivity (Wildman–Crippen MR) is 358 cm³/mol. The van der Waals surface area contributed by atoms with Crippen LogP contribution >= 0.6 is 0 Å². The van der Waals surface area contributed by atoms with Gasteiger partial charge < -0.3 is 76.0 Å². The van der Waals surface area contributed by atoms with Gasteiger partial charge in [-0.05, 0) is 95.3 Å². The molecule has 1 unspecified atom stereocenters. The Morgan fingerprint density at radius 3 is 1.50 bits per heavy atom. The van der Waals surface area contributed by atoms with Crippen molar-refractivity contribution in [1.82, 2.24) is 66.2 Å². The molecule has 7 N–H and O–H groups in total. The van der Waals surface area contributed by atoms with E-state index in [0.29, 0.717) is 26.2 Å². The third-order valence-electron chi connectivity index (χ3n) is 18.0. The molecule has 27 heteroatoms. The highest BCUT2D eigenvalue weighted by Gasteiger charge is 2.46. The van der Waals surface area contributed by atoms with Crippen LogP contribution in [-0.2, 0) is 62.3 Å². The van der Waals surface area contributed by atoms with Gasteiger partial charge in [0.25, 0.3) is 0 Å². The molecule has 94 heavy (non-hydrogen) atoms. The molecule has 0 aromatic rings. The van der Waals surface area contributed by atoms with E-state index in [4.69, 9.17) is 4.74 Å². The normalized spacial score (nSPS) is 27.4. The van der Waals surface area contributed by atoms with Gasteiger partial charge in [0.2, 0.25) is 70.9 Å². The van der Waals surface area contributed by atoms with Crippen LogP contribution in [0.15, 0.2) is 12.2 Å². The van der Waals surface area contributed by atoms with Gasteiger partial charge in [-0.3, -0.25) is 57.5 Å². The SMILES string of the molecule is C/C=C/C[C@@H](C)[C@@H](O)C1C(=O)N[C@@H](CC)C(=O)N(C)[C@H](C)C(=O)N[C@@H]([C@H](C)COCC(=O)N2CCNCC2)C(=O)N[C@@H](C(C)C)C(=O)N(C)[C@@H](CC(C)C)C(=O)N[C@@H](C)C(=O)N[C@H](C)C(=O)N(C)[C@@H](CC(C)C)C(=O)N(C)[C@@H](CC(C)C)C(=O)N(C)[C@@H](C(C)C)C(=O)N1C. The van der Waals surface area contributed by atoms with Gasteiger partial charge in [0, 0.05) is 74.4 Å². The number of nitrogens with one attached hydrogen (secondary N) is 6. The molecule has 12 amide bonds. The Bertz CT molecular complexity index is 2610. The Morgan fingerprint density at radius 1 is 0.521 bits per heavy atom. The van der Waals surface area contributed by atoms with E-state index in [1.165, 1.54) is 82.7 Å². The molecule has 2 rings (SSSR count). The van der Waals surface area contributed by atoms with Gasteiger partial charge >= 0.3 is 0 Å². The summed E-state index contributed by atoms with van der Waals surface area (Å²) < 4.78 is 5.89. The van der Waals surface area contributed by atoms with Crippen LogP contribution in [0.25, 0.3) is 0 Å². The molecular weight excluding hydrogens is 1210 g/mol. The lowest BCUT2D eigenvalue weighted by Crippen LogP contribution is -2.64. The molecule has 0 bridgehead atoms. The summed E-state index contributed by atoms with van der Waals surface area (Å²) in [5.74, 6) is -11.7. The minimum Gasteiger partial charge on any atom is -0.390 e. The van der Waals surface area contributed by atoms with Gasteiger partial charge in [-0.25, -0.2) is 0 Å². The number of carbonyl (C=O) groups is 12. The second kappa shape index (κ2) is 38.7. The van der Waals surface area contributed by atoms with Gasteiger partial charge in [0.1, 0.15) is 73.1 Å². The van der Waals surface area contributed by atoms with Crippen LogP contribution in [0.1, 0.15) is 150 Å². The van der Waals surface area contributed by atoms with Gasteiger partial charge in [-0.1, -0.05) is 102 Å². The molecule has 2 aliphatic rings. The van der Waals surface area contributed by atoms with Crippen molar-refractivity contribution in [3.63, 3.8) is 0 Å². The number of carbonyl (C=O) groups excluding carboxylic acids is 12. The molecule has 0 aromatic heterocycles. The highest BCUT2D eigenvalue weighted by Crippen LogP contribution is 2.26. The summed E-state index contributed by atoms with van der Waals surface area (Å²) in [5.41, 5.74) is 0. The van der Waals surface area contributed by atoms with Crippen LogP contribution in [0, 0.1) is 41.4 Å². The first-order valence-corrected chi connectivity index (χ1v) is 33.7. The maximum Gasteiger partial charge on any atom is 0.248 e. The number of likely N-dealkylation sites (N-methyl/N-ethyl adjacent to an activating group) is 6. The summed E-state index contributed by atoms with van der Waals surface area (Å²) in [4.78, 5) is 184. The predicted octanol–water partition coefficient (Wildman–Crippen LogP) is 1.35. The molecule has 0 radical (unpaired) electrons. The van der Waals surface area contributed by atoms with Crippen LogP contribution in [0.3, 0.4) is 0 Å². The summed E-state index contributed by atoms with van der Waals surface area (Å²) in [7, 11) is 8.37. The maximum absolute atomic E-state index is 15.2. The molecule has 0 saturated carbocycles. The monoisotopic (exact) mass is 1330 g/mol. The molecule has 27 nitrogen and oxygen atoms in total. The van der Waals surface area contributed by atoms with E-state index in [1.54, 1.807) is 72.4 Å². The zero-order chi connectivity index (χ0) is 72.1. The number of amides is 12. The van der Waals surface area contributed by atoms with Crippen molar-refractivity contribution in [2.75, 3.05) is 81.7 Å². The van der Waals surface area contributed by atoms with Crippen LogP contribution in [0.4, 0.5) is 0 Å². The second-order valence-corrected chi connectivity index (χ2v) is 28.0. The summed E-state index contributed by atoms with van der Waals surface area (Å²) in [6.07, 6.45) is 2.65.